The molecule has 15 heteroatoms. The van der Waals surface area contributed by atoms with Crippen LogP contribution in [0.4, 0.5) is 8.78 Å². The summed E-state index contributed by atoms with van der Waals surface area (Å²) in [4.78, 5) is 45.8. The van der Waals surface area contributed by atoms with Gasteiger partial charge in [0.15, 0.2) is 12.1 Å². The molecule has 1 aliphatic rings. The predicted molar refractivity (Wildman–Crippen MR) is 156 cm³/mol. The molecule has 0 aliphatic carbocycles. The fraction of sp³-hybridized carbons (Fsp3) is 0.357. The minimum atomic E-state index is -4.32. The lowest BCUT2D eigenvalue weighted by atomic mass is 10.1. The fourth-order valence-electron chi connectivity index (χ4n) is 5.06. The Morgan fingerprint density at radius 2 is 1.86 bits per heavy atom. The van der Waals surface area contributed by atoms with Gasteiger partial charge in [0.25, 0.3) is 5.91 Å². The molecule has 0 radical (unpaired) electrons. The van der Waals surface area contributed by atoms with Crippen molar-refractivity contribution in [1.29, 1.82) is 0 Å². The number of hydrogen-bond acceptors (Lipinski definition) is 8. The number of aromatic nitrogens is 1. The number of nitrogens with one attached hydrogen (secondary N) is 4. The van der Waals surface area contributed by atoms with Gasteiger partial charge in [0, 0.05) is 44.7 Å². The highest BCUT2D eigenvalue weighted by molar-refractivity contribution is 7.89. The number of aryl methyl sites for hydroxylation is 3. The van der Waals surface area contributed by atoms with Crippen LogP contribution in [0.1, 0.15) is 39.0 Å². The van der Waals surface area contributed by atoms with Crippen molar-refractivity contribution < 1.29 is 31.9 Å². The summed E-state index contributed by atoms with van der Waals surface area (Å²) < 4.78 is 58.6. The molecule has 43 heavy (non-hydrogen) atoms. The highest BCUT2D eigenvalue weighted by atomic mass is 32.2. The third kappa shape index (κ3) is 6.80. The van der Waals surface area contributed by atoms with Gasteiger partial charge in [-0.25, -0.2) is 17.2 Å². The van der Waals surface area contributed by atoms with Crippen LogP contribution >= 0.6 is 0 Å². The average Bonchev–Trinajstić information content (AvgIpc) is 2.92. The number of aliphatic carboxylic acids is 1. The molecular weight excluding hydrogens is 586 g/mol. The van der Waals surface area contributed by atoms with Crippen molar-refractivity contribution in [2.24, 2.45) is 4.99 Å². The van der Waals surface area contributed by atoms with Crippen LogP contribution < -0.4 is 20.8 Å². The zero-order valence-electron chi connectivity index (χ0n) is 23.9. The van der Waals surface area contributed by atoms with Gasteiger partial charge >= 0.3 is 5.97 Å². The number of likely N-dealkylation sites (N-methyl/N-ethyl adjacent to an activating group) is 1. The minimum Gasteiger partial charge on any atom is -0.480 e. The van der Waals surface area contributed by atoms with Crippen molar-refractivity contribution in [3.63, 3.8) is 0 Å². The number of carboxylic acids is 1. The summed E-state index contributed by atoms with van der Waals surface area (Å²) >= 11 is 0. The smallest absolute Gasteiger partial charge is 0.323 e. The van der Waals surface area contributed by atoms with Crippen molar-refractivity contribution in [3.8, 4) is 0 Å². The summed E-state index contributed by atoms with van der Waals surface area (Å²) in [5.41, 5.74) is -0.496. The first-order chi connectivity index (χ1) is 20.2. The predicted octanol–water partition coefficient (Wildman–Crippen LogP) is 1.67. The van der Waals surface area contributed by atoms with Crippen molar-refractivity contribution in [2.75, 3.05) is 20.1 Å². The van der Waals surface area contributed by atoms with Gasteiger partial charge in [0.1, 0.15) is 17.4 Å². The highest BCUT2D eigenvalue weighted by Gasteiger charge is 2.31. The lowest BCUT2D eigenvalue weighted by Crippen LogP contribution is -2.49. The zero-order valence-corrected chi connectivity index (χ0v) is 24.7. The molecule has 0 fully saturated rings. The molecule has 2 heterocycles. The molecule has 3 aromatic rings. The summed E-state index contributed by atoms with van der Waals surface area (Å²) in [7, 11) is -3.14. The van der Waals surface area contributed by atoms with Gasteiger partial charge in [0.2, 0.25) is 15.5 Å². The molecule has 2 aromatic carbocycles. The largest absolute Gasteiger partial charge is 0.480 e. The SMILES string of the molecule is Cc1cc(C)c(S(=O)(=O)NC(CN(C)C(=O)c2c[nH]c3c(F)c(CNC4N=CCCN4)c(F)cc3c2=O)C(=O)O)c(C)c1. The van der Waals surface area contributed by atoms with Crippen molar-refractivity contribution in [2.45, 2.75) is 51.0 Å². The van der Waals surface area contributed by atoms with Crippen molar-refractivity contribution in [3.05, 3.63) is 74.1 Å². The molecular formula is C28H32F2N6O6S. The molecule has 12 nitrogen and oxygen atoms in total. The number of aromatic amines is 1. The van der Waals surface area contributed by atoms with Gasteiger partial charge in [0.05, 0.1) is 15.8 Å². The maximum absolute atomic E-state index is 15.3. The summed E-state index contributed by atoms with van der Waals surface area (Å²) in [6, 6.07) is 2.34. The number of aliphatic imine (C=N–C) groups is 1. The average molecular weight is 619 g/mol. The van der Waals surface area contributed by atoms with Crippen LogP contribution in [0.15, 0.2) is 39.1 Å². The lowest BCUT2D eigenvalue weighted by Gasteiger charge is -2.23. The van der Waals surface area contributed by atoms with E-state index in [0.717, 1.165) is 29.1 Å². The van der Waals surface area contributed by atoms with Crippen LogP contribution in [-0.4, -0.2) is 74.0 Å². The summed E-state index contributed by atoms with van der Waals surface area (Å²) in [5.74, 6) is -4.57. The minimum absolute atomic E-state index is 0.0781. The van der Waals surface area contributed by atoms with Crippen LogP contribution in [0, 0.1) is 32.4 Å². The standard InChI is InChI=1S/C28H32F2N6O6S/c1-14-8-15(2)25(16(3)9-14)43(41,42)35-21(27(39)40)13-36(4)26(38)19-12-33-23-17(24(19)37)10-20(29)18(22(23)30)11-34-28-31-6-5-7-32-28/h6,8-10,12,21,28,32,34-35H,5,7,11,13H2,1-4H3,(H,33,37)(H,39,40). The Morgan fingerprint density at radius 1 is 1.19 bits per heavy atom. The highest BCUT2D eigenvalue weighted by Crippen LogP contribution is 2.23. The maximum Gasteiger partial charge on any atom is 0.323 e. The van der Waals surface area contributed by atoms with Gasteiger partial charge in [-0.05, 0) is 44.4 Å². The van der Waals surface area contributed by atoms with E-state index in [2.05, 4.69) is 25.3 Å². The molecule has 0 saturated heterocycles. The summed E-state index contributed by atoms with van der Waals surface area (Å²) in [6.07, 6.45) is 2.84. The number of carbonyl (C=O) groups is 2. The van der Waals surface area contributed by atoms with E-state index >= 15 is 4.39 Å². The molecule has 5 N–H and O–H groups in total. The van der Waals surface area contributed by atoms with Crippen LogP contribution in [0.3, 0.4) is 0 Å². The second kappa shape index (κ2) is 12.7. The first-order valence-corrected chi connectivity index (χ1v) is 14.8. The fourth-order valence-corrected chi connectivity index (χ4v) is 6.70. The van der Waals surface area contributed by atoms with Crippen molar-refractivity contribution in [1.82, 2.24) is 25.2 Å². The van der Waals surface area contributed by atoms with E-state index in [-0.39, 0.29) is 22.5 Å². The molecule has 1 aromatic heterocycles. The van der Waals surface area contributed by atoms with Gasteiger partial charge in [-0.1, -0.05) is 17.7 Å². The number of H-pyrrole nitrogens is 1. The summed E-state index contributed by atoms with van der Waals surface area (Å²) in [6.45, 7) is 4.72. The topological polar surface area (TPSA) is 173 Å². The number of benzene rings is 2. The zero-order chi connectivity index (χ0) is 31.6. The maximum atomic E-state index is 15.3. The molecule has 0 saturated carbocycles. The Bertz CT molecular complexity index is 1770. The molecule has 2 atom stereocenters. The first-order valence-electron chi connectivity index (χ1n) is 13.3. The van der Waals surface area contributed by atoms with E-state index in [1.54, 1.807) is 39.1 Å². The quantitative estimate of drug-likeness (QED) is 0.228. The van der Waals surface area contributed by atoms with E-state index in [0.29, 0.717) is 17.7 Å². The molecule has 2 unspecified atom stereocenters. The van der Waals surface area contributed by atoms with Crippen molar-refractivity contribution >= 4 is 39.0 Å². The number of sulfonamides is 1. The van der Waals surface area contributed by atoms with Gasteiger partial charge < -0.3 is 15.0 Å². The van der Waals surface area contributed by atoms with Crippen LogP contribution in [0.25, 0.3) is 10.9 Å². The first kappa shape index (κ1) is 31.9. The molecule has 230 valence electrons. The number of carboxylic acid groups (broad SMARTS) is 1. The Balaban J connectivity index is 1.57. The Kier molecular flexibility index (Phi) is 9.39. The third-order valence-corrected chi connectivity index (χ3v) is 8.78. The molecule has 0 spiro atoms. The number of hydrogen-bond donors (Lipinski definition) is 5. The number of fused-ring (bicyclic) bond motifs is 1. The Labute approximate surface area is 246 Å². The molecule has 1 amide bonds. The van der Waals surface area contributed by atoms with E-state index in [9.17, 15) is 32.3 Å². The van der Waals surface area contributed by atoms with Gasteiger partial charge in [-0.3, -0.25) is 30.0 Å². The second-order valence-electron chi connectivity index (χ2n) is 10.4. The van der Waals surface area contributed by atoms with E-state index in [1.807, 2.05) is 0 Å². The van der Waals surface area contributed by atoms with E-state index in [1.165, 1.54) is 7.05 Å². The van der Waals surface area contributed by atoms with Gasteiger partial charge in [-0.2, -0.15) is 4.72 Å². The Hall–Kier alpha value is -4.05. The van der Waals surface area contributed by atoms with Crippen LogP contribution in [0.2, 0.25) is 0 Å². The Morgan fingerprint density at radius 3 is 2.47 bits per heavy atom. The molecule has 4 rings (SSSR count). The number of amides is 1. The number of pyridine rings is 1. The number of nitrogens with zero attached hydrogens (tertiary/aromatic N) is 2. The van der Waals surface area contributed by atoms with Crippen LogP contribution in [0.5, 0.6) is 0 Å². The second-order valence-corrected chi connectivity index (χ2v) is 12.0. The third-order valence-electron chi connectivity index (χ3n) is 7.00. The van der Waals surface area contributed by atoms with E-state index in [4.69, 9.17) is 0 Å². The number of carbonyl (C=O) groups excluding carboxylic acids is 1. The van der Waals surface area contributed by atoms with Crippen LogP contribution in [-0.2, 0) is 21.4 Å². The number of rotatable bonds is 10. The molecule has 0 bridgehead atoms. The number of halogens is 2. The van der Waals surface area contributed by atoms with E-state index < -0.39 is 68.8 Å². The lowest BCUT2D eigenvalue weighted by molar-refractivity contribution is -0.139. The summed E-state index contributed by atoms with van der Waals surface area (Å²) in [5, 5.41) is 15.2. The monoisotopic (exact) mass is 618 g/mol. The normalized spacial score (nSPS) is 15.9. The molecule has 1 aliphatic heterocycles. The van der Waals surface area contributed by atoms with Gasteiger partial charge in [-0.15, -0.1) is 0 Å².